The Morgan fingerprint density at radius 2 is 0.782 bits per heavy atom. The lowest BCUT2D eigenvalue weighted by molar-refractivity contribution is -0.133. The van der Waals surface area contributed by atoms with Gasteiger partial charge in [0, 0.05) is 134 Å². The predicted octanol–water partition coefficient (Wildman–Crippen LogP) is 11.1. The van der Waals surface area contributed by atoms with Crippen molar-refractivity contribution in [3.8, 4) is 56.6 Å². The Bertz CT molecular complexity index is 5990. The quantitative estimate of drug-likeness (QED) is 0.0882. The van der Waals surface area contributed by atoms with Crippen LogP contribution >= 0.6 is 56.9 Å². The summed E-state index contributed by atoms with van der Waals surface area (Å²) in [5.41, 5.74) is 33.9. The Balaban J connectivity index is 0.000000117. The summed E-state index contributed by atoms with van der Waals surface area (Å²) in [7, 11) is 6.66. The van der Waals surface area contributed by atoms with Gasteiger partial charge in [0.2, 0.25) is 23.6 Å². The summed E-state index contributed by atoms with van der Waals surface area (Å²) in [5.74, 6) is 1.01. The van der Waals surface area contributed by atoms with E-state index in [1.807, 2.05) is 95.4 Å². The van der Waals surface area contributed by atoms with Gasteiger partial charge < -0.3 is 42.5 Å². The Labute approximate surface area is 734 Å². The first-order valence-electron chi connectivity index (χ1n) is 39.4. The second kappa shape index (κ2) is 33.2. The molecular formula is C89H81ClFN25O4S4. The lowest BCUT2D eigenvalue weighted by Gasteiger charge is -2.36. The Kier molecular flexibility index (Phi) is 22.1. The zero-order chi connectivity index (χ0) is 86.7. The Hall–Kier alpha value is -13.8. The molecule has 8 aliphatic rings. The summed E-state index contributed by atoms with van der Waals surface area (Å²) in [5, 5.41) is 27.2. The summed E-state index contributed by atoms with van der Waals surface area (Å²) in [6.45, 7) is 8.16. The molecule has 8 aliphatic heterocycles. The molecule has 8 atom stereocenters. The number of nitrogens with zero attached hydrogens (tertiary/aromatic N) is 21. The number of para-hydroxylation sites is 1. The summed E-state index contributed by atoms with van der Waals surface area (Å²) >= 11 is 12.3. The van der Waals surface area contributed by atoms with Crippen molar-refractivity contribution in [2.45, 2.75) is 36.0 Å². The minimum absolute atomic E-state index is 0.0107. The molecule has 624 valence electrons. The summed E-state index contributed by atoms with van der Waals surface area (Å²) in [6.07, 6.45) is 14.7. The molecule has 3 aromatic carbocycles. The number of thiophene rings is 4. The number of anilines is 4. The first kappa shape index (κ1) is 82.5. The maximum absolute atomic E-state index is 13.4. The molecule has 0 bridgehead atoms. The van der Waals surface area contributed by atoms with E-state index >= 15 is 0 Å². The number of aryl methyl sites for hydroxylation is 2. The molecule has 12 aromatic rings. The number of rotatable bonds is 12. The van der Waals surface area contributed by atoms with Gasteiger partial charge in [0.05, 0.1) is 77.8 Å². The maximum atomic E-state index is 13.4. The van der Waals surface area contributed by atoms with Gasteiger partial charge in [-0.05, 0) is 165 Å². The lowest BCUT2D eigenvalue weighted by Crippen LogP contribution is -2.54. The fourth-order valence-electron chi connectivity index (χ4n) is 17.5. The average Bonchev–Trinajstić information content (AvgIpc) is 1.59. The van der Waals surface area contributed by atoms with Crippen molar-refractivity contribution in [2.24, 2.45) is 66.6 Å². The molecule has 20 rings (SSSR count). The molecule has 4 unspecified atom stereocenters. The van der Waals surface area contributed by atoms with Gasteiger partial charge in [0.15, 0.2) is 23.8 Å². The molecule has 4 amide bonds. The van der Waals surface area contributed by atoms with Gasteiger partial charge in [-0.25, -0.2) is 59.2 Å². The molecule has 35 heteroatoms. The zero-order valence-electron chi connectivity index (χ0n) is 67.9. The first-order valence-corrected chi connectivity index (χ1v) is 43.3. The first-order chi connectivity index (χ1) is 59.8. The van der Waals surface area contributed by atoms with Crippen LogP contribution in [0, 0.1) is 66.0 Å². The molecule has 0 aliphatic carbocycles. The minimum Gasteiger partial charge on any atom is -0.369 e. The minimum atomic E-state index is -0.862. The van der Waals surface area contributed by atoms with E-state index in [1.165, 1.54) is 61.4 Å². The molecule has 17 heterocycles. The second-order valence-corrected chi connectivity index (χ2v) is 35.5. The number of amides is 4. The van der Waals surface area contributed by atoms with Crippen molar-refractivity contribution in [3.05, 3.63) is 264 Å². The highest BCUT2D eigenvalue weighted by molar-refractivity contribution is 7.11. The van der Waals surface area contributed by atoms with Crippen molar-refractivity contribution >= 4 is 128 Å². The van der Waals surface area contributed by atoms with E-state index in [9.17, 15) is 34.1 Å². The normalized spacial score (nSPS) is 23.0. The summed E-state index contributed by atoms with van der Waals surface area (Å²) < 4.78 is 13.4. The van der Waals surface area contributed by atoms with Crippen LogP contribution in [-0.2, 0) is 41.3 Å². The molecule has 0 radical (unpaired) electrons. The van der Waals surface area contributed by atoms with Gasteiger partial charge in [0.1, 0.15) is 58.1 Å². The van der Waals surface area contributed by atoms with Crippen LogP contribution in [0.2, 0.25) is 5.02 Å². The number of guanidine groups is 4. The SMILES string of the molecule is CN1C(=O)C2CN(c3ccc(Cl)cn3)C[C@]2(c2cc(-c3cccc(C#N)c3)cs2)N=C1N.CN1C(=O)C2CN(c3ccc(F)cn3)C[C@]2(c2cc(-c3cccc(C#N)c3)cs2)N=C1N.Cc1ccccc1N1CC2C(=O)N(C)C(N)=N[C@@]2(c2cc(-c3cncnc3)cs2)C1.Cc1cccnc1N1CC2C(=O)N(C)C(N)=N[C@@]2(c2cc(-c3cncnc3)cs2)C1. The number of fused-ring (bicyclic) bond motifs is 4. The number of carbonyl (C=O) groups excluding carboxylic acids is 4. The highest BCUT2D eigenvalue weighted by Crippen LogP contribution is 2.53. The third-order valence-corrected chi connectivity index (χ3v) is 28.8. The smallest absolute Gasteiger partial charge is 0.236 e. The summed E-state index contributed by atoms with van der Waals surface area (Å²) in [6, 6.07) is 46.3. The standard InChI is InChI=1S/C23H19ClN6OS.C23H19FN6OS.C22H22N6OS.C21H21N7OS/c2*1-29-21(31)18-11-30(20-6-5-17(24)10-27-20)13-23(18,28-22(29)26)19-8-16(12-32-19)15-4-2-3-14(7-15)9-25;1-14-5-3-4-6-18(14)28-10-17-20(29)27(2)21(23)26-22(17,12-28)19-7-15(11-30-19)16-8-24-13-25-9-16;1-13-4-3-5-25-18(13)28-9-16-19(29)27(2)20(22)26-21(16,11-28)17-6-14(10-30-17)15-7-23-12-24-8-15/h2*2-8,10,12,18H,11,13H2,1H3,(H2,26,28);3-9,11,13,17H,10,12H2,1-2H3,(H2,23,26);3-8,10,12,16H,9,11H2,1-2H3,(H2,22,26)/t2*18?,23-;17?,22-;16?,21-/m0000/s1. The Morgan fingerprint density at radius 1 is 0.411 bits per heavy atom. The number of pyridine rings is 3. The number of aliphatic imine (C=N–C) groups is 4. The van der Waals surface area contributed by atoms with Crippen molar-refractivity contribution in [1.82, 2.24) is 54.5 Å². The highest BCUT2D eigenvalue weighted by atomic mass is 35.5. The Morgan fingerprint density at radius 3 is 1.17 bits per heavy atom. The molecule has 4 saturated heterocycles. The van der Waals surface area contributed by atoms with Crippen molar-refractivity contribution in [3.63, 3.8) is 0 Å². The number of aromatic nitrogens is 7. The molecule has 0 spiro atoms. The number of nitriles is 2. The molecule has 9 aromatic heterocycles. The van der Waals surface area contributed by atoms with Crippen LogP contribution in [0.15, 0.2) is 231 Å². The van der Waals surface area contributed by atoms with E-state index in [0.717, 1.165) is 86.9 Å². The molecular weight excluding hydrogens is 1670 g/mol. The van der Waals surface area contributed by atoms with E-state index in [0.29, 0.717) is 74.3 Å². The second-order valence-electron chi connectivity index (χ2n) is 31.4. The van der Waals surface area contributed by atoms with E-state index < -0.39 is 39.8 Å². The van der Waals surface area contributed by atoms with Crippen LogP contribution < -0.4 is 42.5 Å². The maximum Gasteiger partial charge on any atom is 0.236 e. The van der Waals surface area contributed by atoms with Crippen LogP contribution in [0.5, 0.6) is 0 Å². The van der Waals surface area contributed by atoms with Crippen molar-refractivity contribution < 1.29 is 23.6 Å². The van der Waals surface area contributed by atoms with Gasteiger partial charge in [-0.2, -0.15) is 10.5 Å². The van der Waals surface area contributed by atoms with E-state index in [2.05, 4.69) is 110 Å². The fourth-order valence-corrected chi connectivity index (χ4v) is 22.0. The van der Waals surface area contributed by atoms with E-state index in [4.69, 9.17) is 54.5 Å². The van der Waals surface area contributed by atoms with E-state index in [-0.39, 0.29) is 59.3 Å². The molecule has 124 heavy (non-hydrogen) atoms. The van der Waals surface area contributed by atoms with Gasteiger partial charge in [-0.15, -0.1) is 45.3 Å². The van der Waals surface area contributed by atoms with Crippen LogP contribution in [0.4, 0.5) is 27.5 Å². The summed E-state index contributed by atoms with van der Waals surface area (Å²) in [4.78, 5) is 120. The van der Waals surface area contributed by atoms with Crippen LogP contribution in [-0.4, -0.2) is 183 Å². The predicted molar refractivity (Wildman–Crippen MR) is 480 cm³/mol. The van der Waals surface area contributed by atoms with Gasteiger partial charge >= 0.3 is 0 Å². The van der Waals surface area contributed by atoms with Crippen LogP contribution in [0.3, 0.4) is 0 Å². The molecule has 0 saturated carbocycles. The number of hydrogen-bond donors (Lipinski definition) is 4. The lowest BCUT2D eigenvalue weighted by atomic mass is 9.83. The van der Waals surface area contributed by atoms with E-state index in [1.54, 1.807) is 124 Å². The topological polar surface area (TPSA) is 386 Å². The largest absolute Gasteiger partial charge is 0.369 e. The van der Waals surface area contributed by atoms with Crippen molar-refractivity contribution in [2.75, 3.05) is 100 Å². The van der Waals surface area contributed by atoms with Gasteiger partial charge in [-0.1, -0.05) is 60.1 Å². The third kappa shape index (κ3) is 15.0. The zero-order valence-corrected chi connectivity index (χ0v) is 71.9. The number of benzene rings is 3. The monoisotopic (exact) mass is 1750 g/mol. The molecule has 29 nitrogen and oxygen atoms in total. The number of carbonyl (C=O) groups is 4. The fraction of sp³-hybridized carbons (Fsp3) is 0.247. The number of hydrogen-bond acceptors (Lipinski definition) is 29. The van der Waals surface area contributed by atoms with Crippen molar-refractivity contribution in [1.29, 1.82) is 10.5 Å². The highest BCUT2D eigenvalue weighted by Gasteiger charge is 2.61. The molecule has 8 N–H and O–H groups in total. The number of nitrogens with two attached hydrogens (primary N) is 4. The van der Waals surface area contributed by atoms with Crippen LogP contribution in [0.1, 0.15) is 41.8 Å². The van der Waals surface area contributed by atoms with Gasteiger partial charge in [0.25, 0.3) is 0 Å². The average molecular weight is 1750 g/mol. The van der Waals surface area contributed by atoms with Gasteiger partial charge in [-0.3, -0.25) is 38.8 Å². The number of halogens is 2. The molecule has 4 fully saturated rings. The van der Waals surface area contributed by atoms with Crippen LogP contribution in [0.25, 0.3) is 44.5 Å². The third-order valence-electron chi connectivity index (χ3n) is 24.1.